The number of hydrogen-bond acceptors (Lipinski definition) is 3. The summed E-state index contributed by atoms with van der Waals surface area (Å²) in [5.41, 5.74) is 2.05. The zero-order chi connectivity index (χ0) is 22.7. The fraction of sp³-hybridized carbons (Fsp3) is 0.160. The molecule has 32 heavy (non-hydrogen) atoms. The number of nitrogens with zero attached hydrogens (tertiary/aromatic N) is 2. The Morgan fingerprint density at radius 2 is 1.62 bits per heavy atom. The molecule has 4 rings (SSSR count). The van der Waals surface area contributed by atoms with Gasteiger partial charge in [0.1, 0.15) is 12.4 Å². The largest absolute Gasteiger partial charge is 0.340 e. The maximum absolute atomic E-state index is 13.5. The SMILES string of the molecule is CN(Cc1ccccc1)C(=O)Cn1cc(S(=O)(=O)Cc2cccc(F)c2)c2ccccc21. The van der Waals surface area contributed by atoms with Crippen LogP contribution in [0.25, 0.3) is 10.9 Å². The third kappa shape index (κ3) is 4.73. The van der Waals surface area contributed by atoms with Gasteiger partial charge < -0.3 is 9.47 Å². The molecule has 0 fully saturated rings. The molecule has 1 aromatic heterocycles. The van der Waals surface area contributed by atoms with Crippen molar-refractivity contribution in [2.45, 2.75) is 23.7 Å². The highest BCUT2D eigenvalue weighted by atomic mass is 32.2. The van der Waals surface area contributed by atoms with Crippen LogP contribution in [0.4, 0.5) is 4.39 Å². The number of benzene rings is 3. The maximum atomic E-state index is 13.5. The van der Waals surface area contributed by atoms with Gasteiger partial charge in [-0.3, -0.25) is 4.79 Å². The van der Waals surface area contributed by atoms with E-state index < -0.39 is 15.7 Å². The second-order valence-corrected chi connectivity index (χ2v) is 9.72. The Kier molecular flexibility index (Phi) is 6.10. The summed E-state index contributed by atoms with van der Waals surface area (Å²) >= 11 is 0. The van der Waals surface area contributed by atoms with E-state index >= 15 is 0 Å². The van der Waals surface area contributed by atoms with Gasteiger partial charge in [0.05, 0.1) is 10.6 Å². The average Bonchev–Trinajstić information content (AvgIpc) is 3.14. The molecule has 0 bridgehead atoms. The molecule has 0 aliphatic carbocycles. The van der Waals surface area contributed by atoms with Crippen molar-refractivity contribution >= 4 is 26.6 Å². The fourth-order valence-electron chi connectivity index (χ4n) is 3.73. The molecule has 5 nitrogen and oxygen atoms in total. The lowest BCUT2D eigenvalue weighted by Gasteiger charge is -2.18. The van der Waals surface area contributed by atoms with Crippen molar-refractivity contribution < 1.29 is 17.6 Å². The van der Waals surface area contributed by atoms with E-state index in [1.807, 2.05) is 30.3 Å². The maximum Gasteiger partial charge on any atom is 0.242 e. The lowest BCUT2D eigenvalue weighted by Crippen LogP contribution is -2.29. The third-order valence-corrected chi connectivity index (χ3v) is 7.04. The Labute approximate surface area is 186 Å². The van der Waals surface area contributed by atoms with Crippen LogP contribution in [0.1, 0.15) is 11.1 Å². The number of fused-ring (bicyclic) bond motifs is 1. The quantitative estimate of drug-likeness (QED) is 0.419. The molecule has 0 spiro atoms. The fourth-order valence-corrected chi connectivity index (χ4v) is 5.30. The number of aromatic nitrogens is 1. The van der Waals surface area contributed by atoms with Gasteiger partial charge in [-0.15, -0.1) is 0 Å². The molecule has 0 saturated heterocycles. The smallest absolute Gasteiger partial charge is 0.242 e. The number of sulfone groups is 1. The van der Waals surface area contributed by atoms with Crippen LogP contribution in [0.15, 0.2) is 90.0 Å². The molecular formula is C25H23FN2O3S. The van der Waals surface area contributed by atoms with Crippen LogP contribution in [0.2, 0.25) is 0 Å². The number of carbonyl (C=O) groups excluding carboxylic acids is 1. The Hall–Kier alpha value is -3.45. The molecule has 0 atom stereocenters. The first-order valence-corrected chi connectivity index (χ1v) is 11.8. The second-order valence-electron chi connectivity index (χ2n) is 7.76. The number of amides is 1. The predicted octanol–water partition coefficient (Wildman–Crippen LogP) is 4.41. The Morgan fingerprint density at radius 1 is 0.938 bits per heavy atom. The summed E-state index contributed by atoms with van der Waals surface area (Å²) < 4.78 is 41.5. The second kappa shape index (κ2) is 8.96. The minimum atomic E-state index is -3.75. The van der Waals surface area contributed by atoms with Crippen LogP contribution in [0.3, 0.4) is 0 Å². The molecule has 164 valence electrons. The van der Waals surface area contributed by atoms with Gasteiger partial charge in [0, 0.05) is 30.7 Å². The van der Waals surface area contributed by atoms with Crippen molar-refractivity contribution in [1.29, 1.82) is 0 Å². The first-order valence-electron chi connectivity index (χ1n) is 10.2. The lowest BCUT2D eigenvalue weighted by atomic mass is 10.2. The number of carbonyl (C=O) groups is 1. The van der Waals surface area contributed by atoms with Crippen molar-refractivity contribution in [2.75, 3.05) is 7.05 Å². The molecular weight excluding hydrogens is 427 g/mol. The van der Waals surface area contributed by atoms with Crippen molar-refractivity contribution in [1.82, 2.24) is 9.47 Å². The summed E-state index contributed by atoms with van der Waals surface area (Å²) in [6, 6.07) is 22.3. The van der Waals surface area contributed by atoms with Gasteiger partial charge in [0.25, 0.3) is 0 Å². The monoisotopic (exact) mass is 450 g/mol. The van der Waals surface area contributed by atoms with Crippen LogP contribution in [-0.2, 0) is 33.5 Å². The summed E-state index contributed by atoms with van der Waals surface area (Å²) in [7, 11) is -2.03. The Morgan fingerprint density at radius 3 is 2.38 bits per heavy atom. The van der Waals surface area contributed by atoms with Gasteiger partial charge in [0.15, 0.2) is 9.84 Å². The van der Waals surface area contributed by atoms with Gasteiger partial charge in [-0.05, 0) is 29.3 Å². The topological polar surface area (TPSA) is 59.4 Å². The van der Waals surface area contributed by atoms with Crippen LogP contribution in [-0.4, -0.2) is 30.8 Å². The van der Waals surface area contributed by atoms with E-state index in [2.05, 4.69) is 0 Å². The first kappa shape index (κ1) is 21.8. The standard InChI is InChI=1S/C25H23FN2O3S/c1-27(15-19-8-3-2-4-9-19)25(29)17-28-16-24(22-12-5-6-13-23(22)28)32(30,31)18-20-10-7-11-21(26)14-20/h2-14,16H,15,17-18H2,1H3. The van der Waals surface area contributed by atoms with E-state index in [1.54, 1.807) is 46.8 Å². The highest BCUT2D eigenvalue weighted by Crippen LogP contribution is 2.28. The number of hydrogen-bond donors (Lipinski definition) is 0. The first-order chi connectivity index (χ1) is 15.3. The van der Waals surface area contributed by atoms with Crippen LogP contribution >= 0.6 is 0 Å². The highest BCUT2D eigenvalue weighted by Gasteiger charge is 2.23. The van der Waals surface area contributed by atoms with E-state index in [-0.39, 0.29) is 23.1 Å². The number of halogens is 1. The van der Waals surface area contributed by atoms with Gasteiger partial charge in [0.2, 0.25) is 5.91 Å². The Bertz CT molecular complexity index is 1360. The zero-order valence-corrected chi connectivity index (χ0v) is 18.4. The van der Waals surface area contributed by atoms with Crippen LogP contribution in [0.5, 0.6) is 0 Å². The minimum Gasteiger partial charge on any atom is -0.340 e. The number of rotatable bonds is 7. The summed E-state index contributed by atoms with van der Waals surface area (Å²) in [5.74, 6) is -0.934. The molecule has 1 heterocycles. The molecule has 0 saturated carbocycles. The molecule has 1 amide bonds. The van der Waals surface area contributed by atoms with E-state index in [4.69, 9.17) is 0 Å². The van der Waals surface area contributed by atoms with E-state index in [0.29, 0.717) is 23.0 Å². The van der Waals surface area contributed by atoms with E-state index in [0.717, 1.165) is 5.56 Å². The summed E-state index contributed by atoms with van der Waals surface area (Å²) in [4.78, 5) is 14.6. The van der Waals surface area contributed by atoms with Gasteiger partial charge >= 0.3 is 0 Å². The minimum absolute atomic E-state index is 0.0132. The predicted molar refractivity (Wildman–Crippen MR) is 122 cm³/mol. The van der Waals surface area contributed by atoms with Crippen LogP contribution in [0, 0.1) is 5.82 Å². The van der Waals surface area contributed by atoms with Gasteiger partial charge in [-0.25, -0.2) is 12.8 Å². The molecule has 7 heteroatoms. The summed E-state index contributed by atoms with van der Waals surface area (Å²) in [6.45, 7) is 0.475. The molecule has 0 N–H and O–H groups in total. The molecule has 0 radical (unpaired) electrons. The number of para-hydroxylation sites is 1. The van der Waals surface area contributed by atoms with Crippen molar-refractivity contribution in [3.05, 3.63) is 102 Å². The molecule has 0 aliphatic heterocycles. The van der Waals surface area contributed by atoms with Crippen molar-refractivity contribution in [3.63, 3.8) is 0 Å². The van der Waals surface area contributed by atoms with E-state index in [1.165, 1.54) is 24.4 Å². The number of likely N-dealkylation sites (N-methyl/N-ethyl adjacent to an activating group) is 1. The van der Waals surface area contributed by atoms with Crippen LogP contribution < -0.4 is 0 Å². The normalized spacial score (nSPS) is 11.6. The van der Waals surface area contributed by atoms with Gasteiger partial charge in [-0.1, -0.05) is 60.7 Å². The van der Waals surface area contributed by atoms with Gasteiger partial charge in [-0.2, -0.15) is 0 Å². The molecule has 0 aliphatic rings. The third-order valence-electron chi connectivity index (χ3n) is 5.33. The van der Waals surface area contributed by atoms with E-state index in [9.17, 15) is 17.6 Å². The Balaban J connectivity index is 1.62. The molecule has 4 aromatic rings. The molecule has 0 unspecified atom stereocenters. The summed E-state index contributed by atoms with van der Waals surface area (Å²) in [5, 5.41) is 0.544. The van der Waals surface area contributed by atoms with Crippen molar-refractivity contribution in [2.24, 2.45) is 0 Å². The summed E-state index contributed by atoms with van der Waals surface area (Å²) in [6.07, 6.45) is 1.51. The zero-order valence-electron chi connectivity index (χ0n) is 17.6. The van der Waals surface area contributed by atoms with Crippen molar-refractivity contribution in [3.8, 4) is 0 Å². The highest BCUT2D eigenvalue weighted by molar-refractivity contribution is 7.90. The molecule has 3 aromatic carbocycles. The lowest BCUT2D eigenvalue weighted by molar-refractivity contribution is -0.131. The average molecular weight is 451 g/mol.